The Morgan fingerprint density at radius 2 is 2.08 bits per heavy atom. The van der Waals surface area contributed by atoms with E-state index in [4.69, 9.17) is 4.74 Å². The summed E-state index contributed by atoms with van der Waals surface area (Å²) in [6.45, 7) is 1.27. The van der Waals surface area contributed by atoms with Crippen LogP contribution in [0.25, 0.3) is 11.0 Å². The van der Waals surface area contributed by atoms with Crippen LogP contribution in [0.2, 0.25) is 0 Å². The number of nitrogens with one attached hydrogen (secondary N) is 1. The fourth-order valence-corrected chi connectivity index (χ4v) is 3.13. The molecule has 1 fully saturated rings. The summed E-state index contributed by atoms with van der Waals surface area (Å²) in [5.41, 5.74) is 0.261. The van der Waals surface area contributed by atoms with Gasteiger partial charge in [0.05, 0.1) is 12.2 Å². The third kappa shape index (κ3) is 2.93. The molecule has 1 aliphatic heterocycles. The lowest BCUT2D eigenvalue weighted by Gasteiger charge is -2.22. The van der Waals surface area contributed by atoms with Crippen LogP contribution in [-0.2, 0) is 11.2 Å². The van der Waals surface area contributed by atoms with Gasteiger partial charge in [0, 0.05) is 19.6 Å². The van der Waals surface area contributed by atoms with Crippen molar-refractivity contribution < 1.29 is 13.5 Å². The third-order valence-corrected chi connectivity index (χ3v) is 4.44. The van der Waals surface area contributed by atoms with Gasteiger partial charge in [-0.1, -0.05) is 12.1 Å². The van der Waals surface area contributed by atoms with E-state index < -0.39 is 11.6 Å². The van der Waals surface area contributed by atoms with Gasteiger partial charge in [0.15, 0.2) is 17.3 Å². The number of rotatable bonds is 3. The fraction of sp³-hybridized carbons (Fsp3) is 0.353. The number of benzene rings is 1. The number of hydrogen-bond acceptors (Lipinski definition) is 4. The Labute approximate surface area is 141 Å². The van der Waals surface area contributed by atoms with Crippen molar-refractivity contribution in [1.82, 2.24) is 19.7 Å². The Balaban J connectivity index is 1.75. The summed E-state index contributed by atoms with van der Waals surface area (Å²) < 4.78 is 34.4. The van der Waals surface area contributed by atoms with Crippen LogP contribution in [0.1, 0.15) is 30.3 Å². The van der Waals surface area contributed by atoms with E-state index in [9.17, 15) is 13.6 Å². The summed E-state index contributed by atoms with van der Waals surface area (Å²) in [4.78, 5) is 19.4. The lowest BCUT2D eigenvalue weighted by Crippen LogP contribution is -2.21. The van der Waals surface area contributed by atoms with Gasteiger partial charge in [0.1, 0.15) is 11.2 Å². The average molecular weight is 346 g/mol. The van der Waals surface area contributed by atoms with Crippen molar-refractivity contribution in [3.63, 3.8) is 0 Å². The fourth-order valence-electron chi connectivity index (χ4n) is 3.13. The molecule has 0 aliphatic carbocycles. The molecule has 1 saturated heterocycles. The van der Waals surface area contributed by atoms with Gasteiger partial charge in [0.2, 0.25) is 0 Å². The van der Waals surface area contributed by atoms with Crippen LogP contribution in [0.5, 0.6) is 0 Å². The molecule has 8 heteroatoms. The average Bonchev–Trinajstić information content (AvgIpc) is 3.04. The lowest BCUT2D eigenvalue weighted by molar-refractivity contribution is 0.0673. The molecule has 0 radical (unpaired) electrons. The van der Waals surface area contributed by atoms with Crippen molar-refractivity contribution in [2.45, 2.75) is 25.3 Å². The molecule has 4 rings (SSSR count). The van der Waals surface area contributed by atoms with Crippen LogP contribution in [0.15, 0.2) is 29.2 Å². The predicted octanol–water partition coefficient (Wildman–Crippen LogP) is 2.34. The molecule has 3 aromatic rings. The van der Waals surface area contributed by atoms with Crippen molar-refractivity contribution in [2.75, 3.05) is 13.2 Å². The Hall–Kier alpha value is -2.61. The molecule has 0 atom stereocenters. The highest BCUT2D eigenvalue weighted by Crippen LogP contribution is 2.23. The van der Waals surface area contributed by atoms with Crippen LogP contribution >= 0.6 is 0 Å². The third-order valence-electron chi connectivity index (χ3n) is 4.44. The number of aromatic amines is 1. The van der Waals surface area contributed by atoms with Crippen molar-refractivity contribution in [2.24, 2.45) is 0 Å². The van der Waals surface area contributed by atoms with Crippen LogP contribution in [0.3, 0.4) is 0 Å². The Kier molecular flexibility index (Phi) is 4.04. The van der Waals surface area contributed by atoms with Crippen LogP contribution in [0.4, 0.5) is 8.78 Å². The monoisotopic (exact) mass is 346 g/mol. The maximum Gasteiger partial charge on any atom is 0.262 e. The van der Waals surface area contributed by atoms with Crippen LogP contribution in [0, 0.1) is 11.6 Å². The highest BCUT2D eigenvalue weighted by molar-refractivity contribution is 5.73. The minimum Gasteiger partial charge on any atom is -0.381 e. The second kappa shape index (κ2) is 6.36. The zero-order chi connectivity index (χ0) is 17.4. The maximum atomic E-state index is 13.9. The van der Waals surface area contributed by atoms with Gasteiger partial charge in [-0.05, 0) is 24.5 Å². The highest BCUT2D eigenvalue weighted by Gasteiger charge is 2.21. The number of H-pyrrole nitrogens is 1. The molecule has 0 amide bonds. The molecule has 1 N–H and O–H groups in total. The molecule has 0 bridgehead atoms. The largest absolute Gasteiger partial charge is 0.381 e. The van der Waals surface area contributed by atoms with Crippen molar-refractivity contribution >= 4 is 11.0 Å². The van der Waals surface area contributed by atoms with E-state index >= 15 is 0 Å². The molecule has 0 saturated carbocycles. The van der Waals surface area contributed by atoms with Crippen molar-refractivity contribution in [1.29, 1.82) is 0 Å². The Bertz CT molecular complexity index is 976. The molecule has 3 heterocycles. The van der Waals surface area contributed by atoms with Gasteiger partial charge in [-0.25, -0.2) is 18.4 Å². The quantitative estimate of drug-likeness (QED) is 0.790. The minimum atomic E-state index is -0.928. The molecular formula is C17H16F2N4O2. The molecule has 0 unspecified atom stereocenters. The molecule has 0 spiro atoms. The van der Waals surface area contributed by atoms with Crippen LogP contribution < -0.4 is 5.56 Å². The first-order chi connectivity index (χ1) is 12.1. The van der Waals surface area contributed by atoms with E-state index in [0.717, 1.165) is 18.9 Å². The Morgan fingerprint density at radius 1 is 1.28 bits per heavy atom. The SMILES string of the molecule is O=c1[nH]c(Cc2cccc(F)c2F)nc2c1cnn2C1CCOCC1. The first kappa shape index (κ1) is 15.9. The first-order valence-corrected chi connectivity index (χ1v) is 8.10. The van der Waals surface area contributed by atoms with E-state index in [1.165, 1.54) is 18.3 Å². The summed E-state index contributed by atoms with van der Waals surface area (Å²) in [6.07, 6.45) is 3.06. The molecule has 1 aromatic carbocycles. The summed E-state index contributed by atoms with van der Waals surface area (Å²) >= 11 is 0. The molecular weight excluding hydrogens is 330 g/mol. The lowest BCUT2D eigenvalue weighted by atomic mass is 10.1. The van der Waals surface area contributed by atoms with E-state index in [2.05, 4.69) is 15.1 Å². The predicted molar refractivity (Wildman–Crippen MR) is 86.4 cm³/mol. The van der Waals surface area contributed by atoms with Gasteiger partial charge < -0.3 is 9.72 Å². The summed E-state index contributed by atoms with van der Waals surface area (Å²) in [7, 11) is 0. The van der Waals surface area contributed by atoms with Gasteiger partial charge in [0.25, 0.3) is 5.56 Å². The second-order valence-electron chi connectivity index (χ2n) is 6.07. The second-order valence-corrected chi connectivity index (χ2v) is 6.07. The van der Waals surface area contributed by atoms with Crippen molar-refractivity contribution in [3.8, 4) is 0 Å². The summed E-state index contributed by atoms with van der Waals surface area (Å²) in [5, 5.41) is 4.69. The van der Waals surface area contributed by atoms with E-state index in [-0.39, 0.29) is 29.4 Å². The maximum absolute atomic E-state index is 13.9. The standard InChI is InChI=1S/C17H16F2N4O2/c18-13-3-1-2-10(15(13)19)8-14-21-16-12(17(24)22-14)9-20-23(16)11-4-6-25-7-5-11/h1-3,9,11H,4-8H2,(H,21,22,24). The van der Waals surface area contributed by atoms with Crippen molar-refractivity contribution in [3.05, 3.63) is 57.8 Å². The molecule has 1 aliphatic rings. The van der Waals surface area contributed by atoms with E-state index in [1.807, 2.05) is 0 Å². The number of hydrogen-bond donors (Lipinski definition) is 1. The van der Waals surface area contributed by atoms with E-state index in [0.29, 0.717) is 24.2 Å². The minimum absolute atomic E-state index is 0.00622. The summed E-state index contributed by atoms with van der Waals surface area (Å²) in [6, 6.07) is 4.06. The normalized spacial score (nSPS) is 15.8. The van der Waals surface area contributed by atoms with Gasteiger partial charge in [-0.2, -0.15) is 5.10 Å². The van der Waals surface area contributed by atoms with Gasteiger partial charge >= 0.3 is 0 Å². The highest BCUT2D eigenvalue weighted by atomic mass is 19.2. The number of fused-ring (bicyclic) bond motifs is 1. The zero-order valence-electron chi connectivity index (χ0n) is 13.3. The smallest absolute Gasteiger partial charge is 0.262 e. The molecule has 25 heavy (non-hydrogen) atoms. The topological polar surface area (TPSA) is 72.8 Å². The number of ether oxygens (including phenoxy) is 1. The summed E-state index contributed by atoms with van der Waals surface area (Å²) in [5.74, 6) is -1.58. The zero-order valence-corrected chi connectivity index (χ0v) is 13.3. The van der Waals surface area contributed by atoms with Crippen LogP contribution in [-0.4, -0.2) is 33.0 Å². The number of nitrogens with zero attached hydrogens (tertiary/aromatic N) is 3. The number of halogens is 2. The molecule has 2 aromatic heterocycles. The van der Waals surface area contributed by atoms with Gasteiger partial charge in [-0.3, -0.25) is 4.79 Å². The van der Waals surface area contributed by atoms with E-state index in [1.54, 1.807) is 4.68 Å². The first-order valence-electron chi connectivity index (χ1n) is 8.10. The Morgan fingerprint density at radius 3 is 2.88 bits per heavy atom. The number of aromatic nitrogens is 4. The molecule has 6 nitrogen and oxygen atoms in total. The van der Waals surface area contributed by atoms with Gasteiger partial charge in [-0.15, -0.1) is 0 Å². The molecule has 130 valence electrons.